The van der Waals surface area contributed by atoms with E-state index in [-0.39, 0.29) is 62.5 Å². The standard InChI is InChI=1S/C38H48N8O4/c1-25(2)20-34(47)44-31(18-11-19-41-38(39)40)36(49)46-33(22-28-24-42-30-17-10-9-16-29(28)30)37(50)45-32(21-26-12-5-3-6-13-26)35(48)43-23-27-14-7-4-8-15-27/h3-10,12-17,24-25,31-33,42H,11,18-23H2,1-2H3,(H,43,48)(H,44,47)(H,45,50)(H,46,49)(H4,39,40,41)/t31-,32-,33-/m0/s1. The normalized spacial score (nSPS) is 12.8. The summed E-state index contributed by atoms with van der Waals surface area (Å²) in [5.41, 5.74) is 14.4. The number of fused-ring (bicyclic) bond motifs is 1. The molecule has 0 unspecified atom stereocenters. The minimum Gasteiger partial charge on any atom is -0.370 e. The van der Waals surface area contributed by atoms with Crippen molar-refractivity contribution < 1.29 is 19.2 Å². The lowest BCUT2D eigenvalue weighted by atomic mass is 10.0. The zero-order valence-corrected chi connectivity index (χ0v) is 28.7. The number of carbonyl (C=O) groups is 4. The second kappa shape index (κ2) is 18.8. The topological polar surface area (TPSA) is 197 Å². The van der Waals surface area contributed by atoms with Crippen LogP contribution in [0.1, 0.15) is 49.8 Å². The molecular weight excluding hydrogens is 632 g/mol. The van der Waals surface area contributed by atoms with Crippen molar-refractivity contribution in [2.24, 2.45) is 22.4 Å². The fraction of sp³-hybridized carbons (Fsp3) is 0.342. The fourth-order valence-corrected chi connectivity index (χ4v) is 5.64. The first-order valence-electron chi connectivity index (χ1n) is 16.9. The van der Waals surface area contributed by atoms with Gasteiger partial charge in [0.25, 0.3) is 0 Å². The summed E-state index contributed by atoms with van der Waals surface area (Å²) in [6, 6.07) is 23.6. The summed E-state index contributed by atoms with van der Waals surface area (Å²) in [7, 11) is 0. The van der Waals surface area contributed by atoms with Crippen molar-refractivity contribution in [3.63, 3.8) is 0 Å². The fourth-order valence-electron chi connectivity index (χ4n) is 5.64. The van der Waals surface area contributed by atoms with Gasteiger partial charge >= 0.3 is 0 Å². The predicted molar refractivity (Wildman–Crippen MR) is 196 cm³/mol. The number of nitrogens with one attached hydrogen (secondary N) is 5. The lowest BCUT2D eigenvalue weighted by Gasteiger charge is -2.26. The molecule has 1 aromatic heterocycles. The average Bonchev–Trinajstić information content (AvgIpc) is 3.51. The molecule has 0 aliphatic rings. The van der Waals surface area contributed by atoms with E-state index in [9.17, 15) is 19.2 Å². The van der Waals surface area contributed by atoms with Crippen LogP contribution in [-0.2, 0) is 38.6 Å². The van der Waals surface area contributed by atoms with E-state index in [0.29, 0.717) is 6.42 Å². The van der Waals surface area contributed by atoms with E-state index in [0.717, 1.165) is 27.6 Å². The Labute approximate surface area is 292 Å². The molecule has 50 heavy (non-hydrogen) atoms. The third-order valence-corrected chi connectivity index (χ3v) is 8.15. The third kappa shape index (κ3) is 11.8. The van der Waals surface area contributed by atoms with Crippen molar-refractivity contribution in [1.29, 1.82) is 0 Å². The van der Waals surface area contributed by atoms with E-state index < -0.39 is 29.9 Å². The smallest absolute Gasteiger partial charge is 0.243 e. The van der Waals surface area contributed by atoms with E-state index in [1.54, 1.807) is 0 Å². The van der Waals surface area contributed by atoms with Crippen LogP contribution in [0.25, 0.3) is 10.9 Å². The molecule has 0 bridgehead atoms. The predicted octanol–water partition coefficient (Wildman–Crippen LogP) is 2.82. The largest absolute Gasteiger partial charge is 0.370 e. The van der Waals surface area contributed by atoms with Gasteiger partial charge in [0.15, 0.2) is 5.96 Å². The number of rotatable bonds is 18. The Morgan fingerprint density at radius 2 is 1.32 bits per heavy atom. The number of para-hydroxylation sites is 1. The Morgan fingerprint density at radius 1 is 0.720 bits per heavy atom. The first-order valence-corrected chi connectivity index (χ1v) is 16.9. The van der Waals surface area contributed by atoms with Crippen LogP contribution in [0.4, 0.5) is 0 Å². The molecule has 0 radical (unpaired) electrons. The molecule has 9 N–H and O–H groups in total. The van der Waals surface area contributed by atoms with Crippen molar-refractivity contribution in [2.45, 2.75) is 70.6 Å². The lowest BCUT2D eigenvalue weighted by molar-refractivity contribution is -0.134. The van der Waals surface area contributed by atoms with E-state index in [1.807, 2.05) is 105 Å². The van der Waals surface area contributed by atoms with Gasteiger partial charge in [0, 0.05) is 49.5 Å². The van der Waals surface area contributed by atoms with Gasteiger partial charge in [-0.1, -0.05) is 92.7 Å². The molecule has 0 saturated heterocycles. The summed E-state index contributed by atoms with van der Waals surface area (Å²) in [6.07, 6.45) is 3.06. The molecule has 4 amide bonds. The summed E-state index contributed by atoms with van der Waals surface area (Å²) in [5, 5.41) is 12.5. The number of carbonyl (C=O) groups excluding carboxylic acids is 4. The number of amides is 4. The van der Waals surface area contributed by atoms with E-state index in [1.165, 1.54) is 0 Å². The molecule has 0 aliphatic heterocycles. The number of aromatic nitrogens is 1. The summed E-state index contributed by atoms with van der Waals surface area (Å²) >= 11 is 0. The number of nitrogens with zero attached hydrogens (tertiary/aromatic N) is 1. The quantitative estimate of drug-likeness (QED) is 0.0479. The second-order valence-electron chi connectivity index (χ2n) is 12.7. The van der Waals surface area contributed by atoms with Crippen LogP contribution < -0.4 is 32.7 Å². The van der Waals surface area contributed by atoms with Gasteiger partial charge in [-0.3, -0.25) is 24.2 Å². The molecule has 3 aromatic carbocycles. The van der Waals surface area contributed by atoms with Gasteiger partial charge in [-0.15, -0.1) is 0 Å². The number of H-pyrrole nitrogens is 1. The summed E-state index contributed by atoms with van der Waals surface area (Å²) in [5.74, 6) is -1.69. The van der Waals surface area contributed by atoms with Crippen LogP contribution in [0, 0.1) is 5.92 Å². The summed E-state index contributed by atoms with van der Waals surface area (Å²) in [6.45, 7) is 4.38. The van der Waals surface area contributed by atoms with Gasteiger partial charge in [0.05, 0.1) is 0 Å². The molecule has 264 valence electrons. The molecule has 4 aromatic rings. The highest BCUT2D eigenvalue weighted by Crippen LogP contribution is 2.20. The molecule has 0 spiro atoms. The maximum Gasteiger partial charge on any atom is 0.243 e. The lowest BCUT2D eigenvalue weighted by Crippen LogP contribution is -2.57. The number of benzene rings is 3. The van der Waals surface area contributed by atoms with Crippen molar-refractivity contribution in [3.8, 4) is 0 Å². The van der Waals surface area contributed by atoms with Crippen LogP contribution in [0.15, 0.2) is 96.1 Å². The first-order chi connectivity index (χ1) is 24.1. The van der Waals surface area contributed by atoms with Crippen LogP contribution in [0.2, 0.25) is 0 Å². The number of nitrogens with two attached hydrogens (primary N) is 2. The molecule has 0 saturated carbocycles. The van der Waals surface area contributed by atoms with Gasteiger partial charge < -0.3 is 37.7 Å². The Morgan fingerprint density at radius 3 is 1.98 bits per heavy atom. The molecular formula is C38H48N8O4. The first kappa shape index (κ1) is 37.2. The Bertz CT molecular complexity index is 1740. The Balaban J connectivity index is 1.59. The number of hydrogen-bond acceptors (Lipinski definition) is 5. The summed E-state index contributed by atoms with van der Waals surface area (Å²) in [4.78, 5) is 61.7. The maximum atomic E-state index is 14.2. The number of guanidine groups is 1. The molecule has 4 rings (SSSR count). The monoisotopic (exact) mass is 680 g/mol. The number of aromatic amines is 1. The molecule has 1 heterocycles. The van der Waals surface area contributed by atoms with Crippen molar-refractivity contribution in [3.05, 3.63) is 108 Å². The Hall–Kier alpha value is -5.65. The van der Waals surface area contributed by atoms with Gasteiger partial charge in [-0.25, -0.2) is 0 Å². The van der Waals surface area contributed by atoms with Crippen LogP contribution in [0.5, 0.6) is 0 Å². The maximum absolute atomic E-state index is 14.2. The minimum atomic E-state index is -1.08. The van der Waals surface area contributed by atoms with E-state index >= 15 is 0 Å². The zero-order chi connectivity index (χ0) is 35.9. The third-order valence-electron chi connectivity index (χ3n) is 8.15. The van der Waals surface area contributed by atoms with Crippen molar-refractivity contribution in [2.75, 3.05) is 6.54 Å². The van der Waals surface area contributed by atoms with Crippen LogP contribution >= 0.6 is 0 Å². The highest BCUT2D eigenvalue weighted by Gasteiger charge is 2.30. The zero-order valence-electron chi connectivity index (χ0n) is 28.7. The molecule has 0 fully saturated rings. The Kier molecular flexibility index (Phi) is 14.0. The van der Waals surface area contributed by atoms with Gasteiger partial charge in [0.2, 0.25) is 23.6 Å². The van der Waals surface area contributed by atoms with Crippen molar-refractivity contribution in [1.82, 2.24) is 26.3 Å². The van der Waals surface area contributed by atoms with Crippen LogP contribution in [0.3, 0.4) is 0 Å². The van der Waals surface area contributed by atoms with Crippen LogP contribution in [-0.4, -0.2) is 59.2 Å². The summed E-state index contributed by atoms with van der Waals surface area (Å²) < 4.78 is 0. The molecule has 12 heteroatoms. The number of aliphatic imine (C=N–C) groups is 1. The van der Waals surface area contributed by atoms with E-state index in [4.69, 9.17) is 11.5 Å². The highest BCUT2D eigenvalue weighted by atomic mass is 16.2. The number of hydrogen-bond donors (Lipinski definition) is 7. The molecule has 0 aliphatic carbocycles. The van der Waals surface area contributed by atoms with Gasteiger partial charge in [-0.05, 0) is 41.5 Å². The SMILES string of the molecule is CC(C)CC(=O)N[C@@H](CCCN=C(N)N)C(=O)N[C@@H](Cc1c[nH]c2ccccc12)C(=O)N[C@@H](Cc1ccccc1)C(=O)NCc1ccccc1. The molecule has 3 atom stereocenters. The molecule has 12 nitrogen and oxygen atoms in total. The minimum absolute atomic E-state index is 0.0665. The average molecular weight is 681 g/mol. The van der Waals surface area contributed by atoms with E-state index in [2.05, 4.69) is 31.2 Å². The highest BCUT2D eigenvalue weighted by molar-refractivity contribution is 5.95. The van der Waals surface area contributed by atoms with Gasteiger partial charge in [-0.2, -0.15) is 0 Å². The second-order valence-corrected chi connectivity index (χ2v) is 12.7. The van der Waals surface area contributed by atoms with Crippen molar-refractivity contribution >= 4 is 40.5 Å². The van der Waals surface area contributed by atoms with Gasteiger partial charge in [0.1, 0.15) is 18.1 Å².